The highest BCUT2D eigenvalue weighted by molar-refractivity contribution is 6.24. The number of anilines is 1. The second-order valence-corrected chi connectivity index (χ2v) is 7.87. The topological polar surface area (TPSA) is 53.2 Å². The van der Waals surface area contributed by atoms with Gasteiger partial charge >= 0.3 is 0 Å². The number of carbonyl (C=O) groups excluding carboxylic acids is 2. The van der Waals surface area contributed by atoms with Crippen molar-refractivity contribution in [2.24, 2.45) is 11.8 Å². The van der Waals surface area contributed by atoms with Gasteiger partial charge < -0.3 is 4.98 Å². The van der Waals surface area contributed by atoms with Crippen molar-refractivity contribution in [1.29, 1.82) is 0 Å². The maximum absolute atomic E-state index is 13.3. The molecule has 1 aromatic heterocycles. The van der Waals surface area contributed by atoms with Gasteiger partial charge in [0.25, 0.3) is 0 Å². The monoisotopic (exact) mass is 352 g/mol. The molecule has 4 atom stereocenters. The molecule has 1 saturated heterocycles. The number of amides is 2. The Balaban J connectivity index is 1.64. The number of aromatic nitrogens is 1. The van der Waals surface area contributed by atoms with Crippen LogP contribution in [0.2, 0.25) is 0 Å². The quantitative estimate of drug-likeness (QED) is 0.788. The first-order valence-corrected chi connectivity index (χ1v) is 9.39. The molecule has 134 valence electrons. The standard InChI is InChI=1S/C21H21FN2O2/c1-11-10-16-18-17(14-4-2-3-5-15(14)19(16)23-11)20(25)24(21(18)26)13-8-6-12(22)7-9-13/h6-10,14-15,17-18,23H,2-5H2,1H3/t14-,15-,17-,18+/m0/s1. The first-order chi connectivity index (χ1) is 12.6. The zero-order valence-corrected chi connectivity index (χ0v) is 14.7. The molecule has 0 radical (unpaired) electrons. The third-order valence-corrected chi connectivity index (χ3v) is 6.44. The zero-order valence-electron chi connectivity index (χ0n) is 14.7. The molecule has 26 heavy (non-hydrogen) atoms. The summed E-state index contributed by atoms with van der Waals surface area (Å²) >= 11 is 0. The molecule has 1 aromatic carbocycles. The van der Waals surface area contributed by atoms with Gasteiger partial charge in [0.1, 0.15) is 5.82 Å². The van der Waals surface area contributed by atoms with Crippen LogP contribution in [-0.2, 0) is 9.59 Å². The van der Waals surface area contributed by atoms with Crippen LogP contribution in [0, 0.1) is 24.6 Å². The molecule has 5 heteroatoms. The molecule has 4 nitrogen and oxygen atoms in total. The number of aryl methyl sites for hydroxylation is 1. The number of nitrogens with zero attached hydrogens (tertiary/aromatic N) is 1. The van der Waals surface area contributed by atoms with E-state index in [1.165, 1.54) is 35.6 Å². The van der Waals surface area contributed by atoms with Gasteiger partial charge in [0, 0.05) is 17.3 Å². The number of rotatable bonds is 1. The number of fused-ring (bicyclic) bond motifs is 6. The van der Waals surface area contributed by atoms with Crippen molar-refractivity contribution < 1.29 is 14.0 Å². The van der Waals surface area contributed by atoms with Crippen molar-refractivity contribution in [3.63, 3.8) is 0 Å². The van der Waals surface area contributed by atoms with Crippen molar-refractivity contribution in [3.8, 4) is 0 Å². The molecular formula is C21H21FN2O2. The van der Waals surface area contributed by atoms with E-state index in [1.807, 2.05) is 13.0 Å². The van der Waals surface area contributed by atoms with Gasteiger partial charge in [-0.1, -0.05) is 12.8 Å². The summed E-state index contributed by atoms with van der Waals surface area (Å²) in [5.41, 5.74) is 3.67. The third-order valence-electron chi connectivity index (χ3n) is 6.44. The number of halogens is 1. The summed E-state index contributed by atoms with van der Waals surface area (Å²) in [5.74, 6) is -0.822. The molecule has 2 heterocycles. The van der Waals surface area contributed by atoms with Crippen LogP contribution in [0.1, 0.15) is 54.5 Å². The highest BCUT2D eigenvalue weighted by atomic mass is 19.1. The predicted octanol–water partition coefficient (Wildman–Crippen LogP) is 4.02. The van der Waals surface area contributed by atoms with Gasteiger partial charge in [-0.15, -0.1) is 0 Å². The highest BCUT2D eigenvalue weighted by Crippen LogP contribution is 2.56. The molecule has 0 bridgehead atoms. The molecule has 0 spiro atoms. The van der Waals surface area contributed by atoms with E-state index < -0.39 is 5.92 Å². The van der Waals surface area contributed by atoms with Crippen LogP contribution in [0.4, 0.5) is 10.1 Å². The molecular weight excluding hydrogens is 331 g/mol. The van der Waals surface area contributed by atoms with Crippen LogP contribution in [0.3, 0.4) is 0 Å². The van der Waals surface area contributed by atoms with Crippen LogP contribution < -0.4 is 4.90 Å². The van der Waals surface area contributed by atoms with E-state index in [0.29, 0.717) is 11.6 Å². The Morgan fingerprint density at radius 3 is 2.58 bits per heavy atom. The lowest BCUT2D eigenvalue weighted by molar-refractivity contribution is -0.123. The summed E-state index contributed by atoms with van der Waals surface area (Å²) in [6.07, 6.45) is 4.33. The Kier molecular flexibility index (Phi) is 3.36. The molecule has 0 unspecified atom stereocenters. The van der Waals surface area contributed by atoms with Crippen LogP contribution in [-0.4, -0.2) is 16.8 Å². The van der Waals surface area contributed by atoms with E-state index >= 15 is 0 Å². The first-order valence-electron chi connectivity index (χ1n) is 9.39. The van der Waals surface area contributed by atoms with Gasteiger partial charge in [0.2, 0.25) is 11.8 Å². The minimum atomic E-state index is -0.410. The number of hydrogen-bond donors (Lipinski definition) is 1. The lowest BCUT2D eigenvalue weighted by Gasteiger charge is -2.40. The Labute approximate surface area is 151 Å². The second kappa shape index (κ2) is 5.53. The van der Waals surface area contributed by atoms with Gasteiger partial charge in [-0.2, -0.15) is 0 Å². The molecule has 5 rings (SSSR count). The molecule has 3 aliphatic rings. The minimum Gasteiger partial charge on any atom is -0.362 e. The maximum Gasteiger partial charge on any atom is 0.242 e. The van der Waals surface area contributed by atoms with Gasteiger partial charge in [-0.05, 0) is 61.6 Å². The smallest absolute Gasteiger partial charge is 0.242 e. The zero-order chi connectivity index (χ0) is 18.0. The van der Waals surface area contributed by atoms with E-state index in [9.17, 15) is 14.0 Å². The van der Waals surface area contributed by atoms with Gasteiger partial charge in [0.15, 0.2) is 0 Å². The van der Waals surface area contributed by atoms with Gasteiger partial charge in [0.05, 0.1) is 17.5 Å². The molecule has 1 aliphatic heterocycles. The number of nitrogens with one attached hydrogen (secondary N) is 1. The van der Waals surface area contributed by atoms with E-state index in [0.717, 1.165) is 36.2 Å². The SMILES string of the molecule is Cc1cc2c([nH]1)[C@H]1CCCC[C@@H]1[C@@H]1C(=O)N(c3ccc(F)cc3)C(=O)[C@H]21. The summed E-state index contributed by atoms with van der Waals surface area (Å²) in [5, 5.41) is 0. The van der Waals surface area contributed by atoms with Gasteiger partial charge in [-0.3, -0.25) is 9.59 Å². The van der Waals surface area contributed by atoms with Crippen molar-refractivity contribution >= 4 is 17.5 Å². The molecule has 2 aromatic rings. The summed E-state index contributed by atoms with van der Waals surface area (Å²) in [6, 6.07) is 7.67. The van der Waals surface area contributed by atoms with Crippen LogP contribution in [0.5, 0.6) is 0 Å². The third kappa shape index (κ3) is 2.06. The minimum absolute atomic E-state index is 0.118. The number of carbonyl (C=O) groups is 2. The number of hydrogen-bond acceptors (Lipinski definition) is 2. The predicted molar refractivity (Wildman–Crippen MR) is 95.4 cm³/mol. The summed E-state index contributed by atoms with van der Waals surface area (Å²) < 4.78 is 13.3. The number of benzene rings is 1. The van der Waals surface area contributed by atoms with E-state index in [1.54, 1.807) is 0 Å². The second-order valence-electron chi connectivity index (χ2n) is 7.87. The lowest BCUT2D eigenvalue weighted by Crippen LogP contribution is -2.37. The molecule has 1 saturated carbocycles. The van der Waals surface area contributed by atoms with Crippen molar-refractivity contribution in [2.75, 3.05) is 4.90 Å². The maximum atomic E-state index is 13.3. The molecule has 1 N–H and O–H groups in total. The van der Waals surface area contributed by atoms with Crippen molar-refractivity contribution in [1.82, 2.24) is 4.98 Å². The average Bonchev–Trinajstić information content (AvgIpc) is 3.14. The molecule has 2 fully saturated rings. The lowest BCUT2D eigenvalue weighted by atomic mass is 9.62. The Morgan fingerprint density at radius 2 is 1.81 bits per heavy atom. The molecule has 2 amide bonds. The highest BCUT2D eigenvalue weighted by Gasteiger charge is 2.57. The normalized spacial score (nSPS) is 30.2. The van der Waals surface area contributed by atoms with E-state index in [-0.39, 0.29) is 29.5 Å². The number of imide groups is 1. The fraction of sp³-hybridized carbons (Fsp3) is 0.429. The van der Waals surface area contributed by atoms with Gasteiger partial charge in [-0.25, -0.2) is 9.29 Å². The van der Waals surface area contributed by atoms with Crippen LogP contribution in [0.25, 0.3) is 0 Å². The van der Waals surface area contributed by atoms with Crippen molar-refractivity contribution in [3.05, 3.63) is 53.1 Å². The van der Waals surface area contributed by atoms with Crippen LogP contribution >= 0.6 is 0 Å². The summed E-state index contributed by atoms with van der Waals surface area (Å²) in [4.78, 5) is 31.4. The Bertz CT molecular complexity index is 901. The number of H-pyrrole nitrogens is 1. The van der Waals surface area contributed by atoms with Crippen LogP contribution in [0.15, 0.2) is 30.3 Å². The van der Waals surface area contributed by atoms with E-state index in [2.05, 4.69) is 4.98 Å². The van der Waals surface area contributed by atoms with Crippen molar-refractivity contribution in [2.45, 2.75) is 44.4 Å². The molecule has 2 aliphatic carbocycles. The number of aromatic amines is 1. The Morgan fingerprint density at radius 1 is 1.08 bits per heavy atom. The summed E-state index contributed by atoms with van der Waals surface area (Å²) in [7, 11) is 0. The summed E-state index contributed by atoms with van der Waals surface area (Å²) in [6.45, 7) is 2.00. The average molecular weight is 352 g/mol. The van der Waals surface area contributed by atoms with E-state index in [4.69, 9.17) is 0 Å². The fourth-order valence-electron chi connectivity index (χ4n) is 5.44. The fourth-order valence-corrected chi connectivity index (χ4v) is 5.44. The largest absolute Gasteiger partial charge is 0.362 e. The Hall–Kier alpha value is -2.43. The first kappa shape index (κ1) is 15.8.